The summed E-state index contributed by atoms with van der Waals surface area (Å²) in [6, 6.07) is 7.04. The molecular formula is C18H21N3O3S. The van der Waals surface area contributed by atoms with Crippen molar-refractivity contribution in [1.82, 2.24) is 9.55 Å². The number of hydrogen-bond donors (Lipinski definition) is 1. The highest BCUT2D eigenvalue weighted by atomic mass is 32.2. The quantitative estimate of drug-likeness (QED) is 0.831. The Morgan fingerprint density at radius 2 is 2.28 bits per heavy atom. The maximum absolute atomic E-state index is 12.7. The van der Waals surface area contributed by atoms with Crippen LogP contribution >= 0.6 is 11.8 Å². The van der Waals surface area contributed by atoms with Crippen molar-refractivity contribution < 1.29 is 9.53 Å². The Balaban J connectivity index is 1.77. The van der Waals surface area contributed by atoms with Crippen LogP contribution in [-0.4, -0.2) is 28.3 Å². The highest BCUT2D eigenvalue weighted by molar-refractivity contribution is 7.99. The number of carbonyl (C=O) groups is 1. The molecule has 132 valence electrons. The molecule has 0 radical (unpaired) electrons. The van der Waals surface area contributed by atoms with Crippen molar-refractivity contribution in [2.24, 2.45) is 0 Å². The standard InChI is InChI=1S/C18H21N3O3S/c1-4-15-11(2)19-18-21(17(15)23)13(10-25-18)9-16(22)20-12-6-5-7-14(8-12)24-3/h5-8,13H,4,9-10H2,1-3H3,(H,20,22). The molecule has 7 heteroatoms. The number of amides is 1. The first kappa shape index (κ1) is 17.5. The van der Waals surface area contributed by atoms with Gasteiger partial charge in [-0.1, -0.05) is 24.8 Å². The van der Waals surface area contributed by atoms with Crippen LogP contribution in [0.2, 0.25) is 0 Å². The third kappa shape index (κ3) is 3.56. The second-order valence-corrected chi connectivity index (χ2v) is 6.92. The fourth-order valence-electron chi connectivity index (χ4n) is 3.01. The maximum Gasteiger partial charge on any atom is 0.257 e. The second kappa shape index (κ2) is 7.31. The van der Waals surface area contributed by atoms with Crippen molar-refractivity contribution in [2.45, 2.75) is 37.9 Å². The summed E-state index contributed by atoms with van der Waals surface area (Å²) < 4.78 is 6.84. The minimum Gasteiger partial charge on any atom is -0.497 e. The molecule has 1 amide bonds. The number of carbonyl (C=O) groups excluding carboxylic acids is 1. The Bertz CT molecular complexity index is 863. The molecule has 25 heavy (non-hydrogen) atoms. The Morgan fingerprint density at radius 3 is 3.00 bits per heavy atom. The first-order valence-corrected chi connectivity index (χ1v) is 9.20. The van der Waals surface area contributed by atoms with Gasteiger partial charge in [-0.2, -0.15) is 0 Å². The average Bonchev–Trinajstić information content (AvgIpc) is 2.97. The fourth-order valence-corrected chi connectivity index (χ4v) is 4.19. The van der Waals surface area contributed by atoms with Gasteiger partial charge in [0.2, 0.25) is 5.91 Å². The van der Waals surface area contributed by atoms with Crippen molar-refractivity contribution in [3.63, 3.8) is 0 Å². The number of aryl methyl sites for hydroxylation is 1. The highest BCUT2D eigenvalue weighted by Crippen LogP contribution is 2.32. The van der Waals surface area contributed by atoms with Gasteiger partial charge in [0.15, 0.2) is 5.16 Å². The molecule has 1 atom stereocenters. The van der Waals surface area contributed by atoms with Crippen LogP contribution in [0.5, 0.6) is 5.75 Å². The number of nitrogens with zero attached hydrogens (tertiary/aromatic N) is 2. The number of nitrogens with one attached hydrogen (secondary N) is 1. The molecule has 3 rings (SSSR count). The van der Waals surface area contributed by atoms with Crippen molar-refractivity contribution in [3.8, 4) is 5.75 Å². The van der Waals surface area contributed by atoms with E-state index in [9.17, 15) is 9.59 Å². The smallest absolute Gasteiger partial charge is 0.257 e. The Morgan fingerprint density at radius 1 is 1.48 bits per heavy atom. The predicted molar refractivity (Wildman–Crippen MR) is 98.6 cm³/mol. The predicted octanol–water partition coefficient (Wildman–Crippen LogP) is 2.80. The van der Waals surface area contributed by atoms with Crippen LogP contribution in [0.3, 0.4) is 0 Å². The summed E-state index contributed by atoms with van der Waals surface area (Å²) in [6.45, 7) is 3.81. The number of fused-ring (bicyclic) bond motifs is 1. The minimum atomic E-state index is -0.170. The van der Waals surface area contributed by atoms with E-state index in [1.54, 1.807) is 17.7 Å². The van der Waals surface area contributed by atoms with Crippen LogP contribution in [0, 0.1) is 6.92 Å². The summed E-state index contributed by atoms with van der Waals surface area (Å²) in [4.78, 5) is 29.6. The van der Waals surface area contributed by atoms with Gasteiger partial charge in [-0.3, -0.25) is 14.2 Å². The second-order valence-electron chi connectivity index (χ2n) is 5.94. The van der Waals surface area contributed by atoms with Crippen LogP contribution in [0.1, 0.15) is 30.6 Å². The highest BCUT2D eigenvalue weighted by Gasteiger charge is 2.29. The van der Waals surface area contributed by atoms with E-state index in [1.165, 1.54) is 11.8 Å². The zero-order valence-electron chi connectivity index (χ0n) is 14.5. The zero-order valence-corrected chi connectivity index (χ0v) is 15.4. The van der Waals surface area contributed by atoms with Crippen LogP contribution in [0.15, 0.2) is 34.2 Å². The molecule has 0 saturated heterocycles. The van der Waals surface area contributed by atoms with Gasteiger partial charge in [0.05, 0.1) is 13.2 Å². The van der Waals surface area contributed by atoms with Gasteiger partial charge >= 0.3 is 0 Å². The van der Waals surface area contributed by atoms with Crippen LogP contribution in [-0.2, 0) is 11.2 Å². The van der Waals surface area contributed by atoms with E-state index >= 15 is 0 Å². The molecular weight excluding hydrogens is 338 g/mol. The van der Waals surface area contributed by atoms with Crippen molar-refractivity contribution >= 4 is 23.4 Å². The number of benzene rings is 1. The van der Waals surface area contributed by atoms with Crippen molar-refractivity contribution in [3.05, 3.63) is 45.9 Å². The summed E-state index contributed by atoms with van der Waals surface area (Å²) >= 11 is 1.53. The van der Waals surface area contributed by atoms with E-state index in [-0.39, 0.29) is 23.9 Å². The van der Waals surface area contributed by atoms with Gasteiger partial charge in [-0.25, -0.2) is 4.98 Å². The Kier molecular flexibility index (Phi) is 5.13. The van der Waals surface area contributed by atoms with E-state index in [0.717, 1.165) is 11.3 Å². The summed E-state index contributed by atoms with van der Waals surface area (Å²) in [7, 11) is 1.58. The number of hydrogen-bond acceptors (Lipinski definition) is 5. The Hall–Kier alpha value is -2.28. The number of rotatable bonds is 5. The summed E-state index contributed by atoms with van der Waals surface area (Å²) in [5, 5.41) is 3.58. The summed E-state index contributed by atoms with van der Waals surface area (Å²) in [5.41, 5.74) is 2.17. The third-order valence-electron chi connectivity index (χ3n) is 4.28. The molecule has 1 unspecified atom stereocenters. The molecule has 0 spiro atoms. The monoisotopic (exact) mass is 359 g/mol. The topological polar surface area (TPSA) is 73.2 Å². The van der Waals surface area contributed by atoms with Gasteiger partial charge in [0.25, 0.3) is 5.56 Å². The SMILES string of the molecule is CCc1c(C)nc2n(c1=O)C(CC(=O)Nc1cccc(OC)c1)CS2. The summed E-state index contributed by atoms with van der Waals surface area (Å²) in [5.74, 6) is 1.24. The van der Waals surface area contributed by atoms with Crippen molar-refractivity contribution in [2.75, 3.05) is 18.2 Å². The maximum atomic E-state index is 12.7. The number of thioether (sulfide) groups is 1. The lowest BCUT2D eigenvalue weighted by Gasteiger charge is -2.15. The summed E-state index contributed by atoms with van der Waals surface area (Å²) in [6.07, 6.45) is 0.885. The lowest BCUT2D eigenvalue weighted by Crippen LogP contribution is -2.30. The minimum absolute atomic E-state index is 0.0193. The molecule has 0 saturated carbocycles. The molecule has 0 aliphatic carbocycles. The Labute approximate surface area is 150 Å². The van der Waals surface area contributed by atoms with E-state index < -0.39 is 0 Å². The molecule has 1 aromatic carbocycles. The molecule has 1 N–H and O–H groups in total. The lowest BCUT2D eigenvalue weighted by molar-refractivity contribution is -0.116. The van der Waals surface area contributed by atoms with E-state index in [2.05, 4.69) is 10.3 Å². The molecule has 1 aromatic heterocycles. The average molecular weight is 359 g/mol. The molecule has 1 aliphatic rings. The molecule has 2 heterocycles. The first-order chi connectivity index (χ1) is 12.0. The normalized spacial score (nSPS) is 15.7. The number of aromatic nitrogens is 2. The number of ether oxygens (including phenoxy) is 1. The largest absolute Gasteiger partial charge is 0.497 e. The van der Waals surface area contributed by atoms with Crippen LogP contribution in [0.25, 0.3) is 0 Å². The van der Waals surface area contributed by atoms with Crippen LogP contribution in [0.4, 0.5) is 5.69 Å². The molecule has 0 bridgehead atoms. The van der Waals surface area contributed by atoms with E-state index in [4.69, 9.17) is 4.74 Å². The van der Waals surface area contributed by atoms with Gasteiger partial charge in [0, 0.05) is 35.2 Å². The van der Waals surface area contributed by atoms with Crippen molar-refractivity contribution in [1.29, 1.82) is 0 Å². The van der Waals surface area contributed by atoms with E-state index in [0.29, 0.717) is 28.8 Å². The van der Waals surface area contributed by atoms with Crippen LogP contribution < -0.4 is 15.6 Å². The zero-order chi connectivity index (χ0) is 18.0. The fraction of sp³-hybridized carbons (Fsp3) is 0.389. The molecule has 2 aromatic rings. The van der Waals surface area contributed by atoms with Gasteiger partial charge < -0.3 is 10.1 Å². The number of anilines is 1. The lowest BCUT2D eigenvalue weighted by atomic mass is 10.1. The number of methoxy groups -OCH3 is 1. The van der Waals surface area contributed by atoms with Gasteiger partial charge in [0.1, 0.15) is 5.75 Å². The van der Waals surface area contributed by atoms with Gasteiger partial charge in [-0.15, -0.1) is 0 Å². The van der Waals surface area contributed by atoms with Gasteiger partial charge in [-0.05, 0) is 25.5 Å². The molecule has 6 nitrogen and oxygen atoms in total. The molecule has 0 fully saturated rings. The third-order valence-corrected chi connectivity index (χ3v) is 5.38. The first-order valence-electron chi connectivity index (χ1n) is 8.22. The molecule has 1 aliphatic heterocycles. The van der Waals surface area contributed by atoms with E-state index in [1.807, 2.05) is 32.0 Å².